The average molecular weight is 317 g/mol. The predicted molar refractivity (Wildman–Crippen MR) is 85.2 cm³/mol. The zero-order valence-electron chi connectivity index (χ0n) is 13.9. The van der Waals surface area contributed by atoms with Gasteiger partial charge in [-0.15, -0.1) is 0 Å². The molecule has 5 nitrogen and oxygen atoms in total. The molecule has 1 amide bonds. The lowest BCUT2D eigenvalue weighted by molar-refractivity contribution is -0.147. The van der Waals surface area contributed by atoms with Crippen LogP contribution in [0.15, 0.2) is 18.2 Å². The van der Waals surface area contributed by atoms with Crippen molar-refractivity contribution in [1.82, 2.24) is 4.90 Å². The van der Waals surface area contributed by atoms with E-state index in [1.807, 2.05) is 17.9 Å². The fourth-order valence-electron chi connectivity index (χ4n) is 3.33. The van der Waals surface area contributed by atoms with Crippen LogP contribution in [-0.4, -0.2) is 36.5 Å². The predicted octanol–water partition coefficient (Wildman–Crippen LogP) is 2.77. The minimum Gasteiger partial charge on any atom is -0.488 e. The van der Waals surface area contributed by atoms with Gasteiger partial charge >= 0.3 is 5.97 Å². The van der Waals surface area contributed by atoms with Gasteiger partial charge in [-0.25, -0.2) is 4.79 Å². The number of fused-ring (bicyclic) bond motifs is 1. The molecule has 5 heteroatoms. The molecule has 0 spiro atoms. The zero-order valence-corrected chi connectivity index (χ0v) is 13.9. The van der Waals surface area contributed by atoms with Gasteiger partial charge in [0.05, 0.1) is 19.2 Å². The number of carbonyl (C=O) groups excluding carboxylic acids is 2. The second-order valence-corrected chi connectivity index (χ2v) is 6.84. The summed E-state index contributed by atoms with van der Waals surface area (Å²) >= 11 is 0. The molecule has 1 aliphatic carbocycles. The Kier molecular flexibility index (Phi) is 4.04. The van der Waals surface area contributed by atoms with Gasteiger partial charge < -0.3 is 14.4 Å². The minimum atomic E-state index is -0.386. The van der Waals surface area contributed by atoms with E-state index in [0.29, 0.717) is 24.4 Å². The molecular weight excluding hydrogens is 294 g/mol. The number of esters is 1. The summed E-state index contributed by atoms with van der Waals surface area (Å²) in [4.78, 5) is 26.4. The molecule has 1 saturated carbocycles. The van der Waals surface area contributed by atoms with Gasteiger partial charge in [-0.1, -0.05) is 19.4 Å². The summed E-state index contributed by atoms with van der Waals surface area (Å²) in [6, 6.07) is 5.28. The highest BCUT2D eigenvalue weighted by molar-refractivity contribution is 5.90. The third-order valence-electron chi connectivity index (χ3n) is 4.92. The van der Waals surface area contributed by atoms with Crippen LogP contribution in [0.1, 0.15) is 49.0 Å². The van der Waals surface area contributed by atoms with Gasteiger partial charge in [0.15, 0.2) is 0 Å². The van der Waals surface area contributed by atoms with Crippen LogP contribution >= 0.6 is 0 Å². The molecule has 1 heterocycles. The van der Waals surface area contributed by atoms with Gasteiger partial charge in [-0.05, 0) is 31.9 Å². The third kappa shape index (κ3) is 2.92. The van der Waals surface area contributed by atoms with Crippen LogP contribution in [0.2, 0.25) is 0 Å². The first kappa shape index (κ1) is 15.8. The molecule has 1 aromatic carbocycles. The fourth-order valence-corrected chi connectivity index (χ4v) is 3.33. The summed E-state index contributed by atoms with van der Waals surface area (Å²) in [6.45, 7) is 5.09. The second-order valence-electron chi connectivity index (χ2n) is 6.84. The maximum absolute atomic E-state index is 12.8. The van der Waals surface area contributed by atoms with Crippen LogP contribution < -0.4 is 4.74 Å². The van der Waals surface area contributed by atoms with Gasteiger partial charge in [0.1, 0.15) is 11.9 Å². The van der Waals surface area contributed by atoms with Crippen molar-refractivity contribution in [1.29, 1.82) is 0 Å². The van der Waals surface area contributed by atoms with Crippen molar-refractivity contribution >= 4 is 11.9 Å². The van der Waals surface area contributed by atoms with Crippen LogP contribution in [-0.2, 0) is 16.1 Å². The van der Waals surface area contributed by atoms with Gasteiger partial charge in [-0.3, -0.25) is 4.79 Å². The molecule has 23 heavy (non-hydrogen) atoms. The Labute approximate surface area is 136 Å². The first-order chi connectivity index (χ1) is 10.9. The van der Waals surface area contributed by atoms with Crippen molar-refractivity contribution in [2.24, 2.45) is 5.41 Å². The number of hydrogen-bond acceptors (Lipinski definition) is 4. The standard InChI is InChI=1S/C18H23NO4/c1-12-10-19(17(21)18(2)7-4-8-18)11-14-6-5-13(16(20)22-3)9-15(14)23-12/h5-6,9,12H,4,7-8,10-11H2,1-3H3/t12-/m1/s1. The van der Waals surface area contributed by atoms with Crippen molar-refractivity contribution in [3.8, 4) is 5.75 Å². The summed E-state index contributed by atoms with van der Waals surface area (Å²) < 4.78 is 10.7. The molecule has 124 valence electrons. The number of hydrogen-bond donors (Lipinski definition) is 0. The Morgan fingerprint density at radius 3 is 2.70 bits per heavy atom. The smallest absolute Gasteiger partial charge is 0.337 e. The Balaban J connectivity index is 1.86. The molecular formula is C18H23NO4. The lowest BCUT2D eigenvalue weighted by Crippen LogP contribution is -2.47. The highest BCUT2D eigenvalue weighted by Crippen LogP contribution is 2.42. The number of rotatable bonds is 2. The van der Waals surface area contributed by atoms with Crippen molar-refractivity contribution in [3.05, 3.63) is 29.3 Å². The Bertz CT molecular complexity index is 636. The zero-order chi connectivity index (χ0) is 16.6. The average Bonchev–Trinajstić information content (AvgIpc) is 2.68. The maximum atomic E-state index is 12.8. The van der Waals surface area contributed by atoms with Crippen LogP contribution in [0.4, 0.5) is 0 Å². The SMILES string of the molecule is COC(=O)c1ccc2c(c1)O[C@H](C)CN(C(=O)C1(C)CCC1)C2. The van der Waals surface area contributed by atoms with E-state index in [2.05, 4.69) is 6.92 Å². The number of methoxy groups -OCH3 is 1. The molecule has 1 aromatic rings. The van der Waals surface area contributed by atoms with E-state index in [0.717, 1.165) is 24.8 Å². The summed E-state index contributed by atoms with van der Waals surface area (Å²) in [5.74, 6) is 0.488. The number of carbonyl (C=O) groups is 2. The van der Waals surface area contributed by atoms with Crippen LogP contribution in [0.25, 0.3) is 0 Å². The topological polar surface area (TPSA) is 55.8 Å². The Morgan fingerprint density at radius 1 is 1.35 bits per heavy atom. The molecule has 2 aliphatic rings. The van der Waals surface area contributed by atoms with Crippen LogP contribution in [0, 0.1) is 5.41 Å². The van der Waals surface area contributed by atoms with Crippen LogP contribution in [0.3, 0.4) is 0 Å². The van der Waals surface area contributed by atoms with E-state index in [1.165, 1.54) is 7.11 Å². The first-order valence-corrected chi connectivity index (χ1v) is 8.10. The van der Waals surface area contributed by atoms with E-state index < -0.39 is 0 Å². The number of ether oxygens (including phenoxy) is 2. The fraction of sp³-hybridized carbons (Fsp3) is 0.556. The first-order valence-electron chi connectivity index (χ1n) is 8.10. The Hall–Kier alpha value is -2.04. The minimum absolute atomic E-state index is 0.114. The Morgan fingerprint density at radius 2 is 2.09 bits per heavy atom. The summed E-state index contributed by atoms with van der Waals surface area (Å²) in [5, 5.41) is 0. The summed E-state index contributed by atoms with van der Waals surface area (Å²) in [6.07, 6.45) is 2.94. The summed E-state index contributed by atoms with van der Waals surface area (Å²) in [7, 11) is 1.36. The van der Waals surface area contributed by atoms with E-state index in [1.54, 1.807) is 12.1 Å². The van der Waals surface area contributed by atoms with Crippen LogP contribution in [0.5, 0.6) is 5.75 Å². The van der Waals surface area contributed by atoms with Gasteiger partial charge in [0.2, 0.25) is 5.91 Å². The van der Waals surface area contributed by atoms with Crippen molar-refractivity contribution in [2.45, 2.75) is 45.8 Å². The second kappa shape index (κ2) is 5.87. The molecule has 0 saturated heterocycles. The number of amides is 1. The van der Waals surface area contributed by atoms with Crippen molar-refractivity contribution < 1.29 is 19.1 Å². The van der Waals surface area contributed by atoms with E-state index in [4.69, 9.17) is 9.47 Å². The highest BCUT2D eigenvalue weighted by atomic mass is 16.5. The van der Waals surface area contributed by atoms with Crippen molar-refractivity contribution in [2.75, 3.05) is 13.7 Å². The number of nitrogens with zero attached hydrogens (tertiary/aromatic N) is 1. The van der Waals surface area contributed by atoms with Gasteiger partial charge in [0.25, 0.3) is 0 Å². The highest BCUT2D eigenvalue weighted by Gasteiger charge is 2.42. The van der Waals surface area contributed by atoms with Crippen molar-refractivity contribution in [3.63, 3.8) is 0 Å². The molecule has 0 bridgehead atoms. The van der Waals surface area contributed by atoms with E-state index in [9.17, 15) is 9.59 Å². The molecule has 0 N–H and O–H groups in total. The molecule has 0 aromatic heterocycles. The number of benzene rings is 1. The largest absolute Gasteiger partial charge is 0.488 e. The molecule has 0 radical (unpaired) electrons. The van der Waals surface area contributed by atoms with E-state index >= 15 is 0 Å². The summed E-state index contributed by atoms with van der Waals surface area (Å²) in [5.41, 5.74) is 1.18. The lowest BCUT2D eigenvalue weighted by Gasteiger charge is -2.40. The molecule has 3 rings (SSSR count). The maximum Gasteiger partial charge on any atom is 0.337 e. The van der Waals surface area contributed by atoms with Gasteiger partial charge in [-0.2, -0.15) is 0 Å². The molecule has 0 unspecified atom stereocenters. The molecule has 1 fully saturated rings. The van der Waals surface area contributed by atoms with E-state index in [-0.39, 0.29) is 23.4 Å². The third-order valence-corrected chi connectivity index (χ3v) is 4.92. The lowest BCUT2D eigenvalue weighted by atomic mass is 9.69. The quantitative estimate of drug-likeness (QED) is 0.787. The molecule has 1 aliphatic heterocycles. The molecule has 1 atom stereocenters. The monoisotopic (exact) mass is 317 g/mol. The van der Waals surface area contributed by atoms with Gasteiger partial charge in [0, 0.05) is 17.5 Å². The normalized spacial score (nSPS) is 22.2.